The van der Waals surface area contributed by atoms with E-state index in [1.165, 1.54) is 62.2 Å². The topological polar surface area (TPSA) is 494 Å². The van der Waals surface area contributed by atoms with Gasteiger partial charge in [-0.1, -0.05) is 163 Å². The summed E-state index contributed by atoms with van der Waals surface area (Å²) in [4.78, 5) is 54.9. The highest BCUT2D eigenvalue weighted by Gasteiger charge is 2.40. The molecule has 11 aromatic rings. The van der Waals surface area contributed by atoms with Crippen molar-refractivity contribution in [3.8, 4) is 74.7 Å². The summed E-state index contributed by atoms with van der Waals surface area (Å²) < 4.78 is 31.2. The number of esters is 2. The molecule has 0 spiro atoms. The number of allylic oxidation sites excluding steroid dienone is 3. The number of aliphatic hydroxyl groups is 2. The van der Waals surface area contributed by atoms with E-state index in [2.05, 4.69) is 22.2 Å². The molecule has 5 aliphatic rings. The number of rotatable bonds is 12. The van der Waals surface area contributed by atoms with Crippen LogP contribution in [0.1, 0.15) is 151 Å². The number of nitrogen functional groups attached to an aromatic ring is 2. The molecule has 16 rings (SSSR count). The average Bonchev–Trinajstić information content (AvgIpc) is 0.778. The van der Waals surface area contributed by atoms with Crippen molar-refractivity contribution in [1.29, 1.82) is 0 Å². The second kappa shape index (κ2) is 53.3. The van der Waals surface area contributed by atoms with Crippen LogP contribution < -0.4 is 41.5 Å². The Balaban J connectivity index is 0.000000238. The second-order valence-electron chi connectivity index (χ2n) is 33.3. The summed E-state index contributed by atoms with van der Waals surface area (Å²) >= 11 is 5.45. The summed E-state index contributed by atoms with van der Waals surface area (Å²) in [6.45, 7) is 26.8. The van der Waals surface area contributed by atoms with E-state index in [4.69, 9.17) is 83.1 Å². The Morgan fingerprint density at radius 2 is 1.12 bits per heavy atom. The van der Waals surface area contributed by atoms with E-state index in [-0.39, 0.29) is 92.6 Å². The van der Waals surface area contributed by atoms with Gasteiger partial charge in [-0.25, -0.2) is 19.2 Å². The Kier molecular flexibility index (Phi) is 42.9. The quantitative estimate of drug-likeness (QED) is 0.0178. The number of phenolic OH excluding ortho intramolecular Hbond substituents is 9. The second-order valence-corrected chi connectivity index (χ2v) is 33.8. The van der Waals surface area contributed by atoms with Gasteiger partial charge in [-0.2, -0.15) is 0 Å². The number of halogens is 1. The van der Waals surface area contributed by atoms with Crippen molar-refractivity contribution >= 4 is 88.2 Å². The first-order chi connectivity index (χ1) is 66.0. The fourth-order valence-electron chi connectivity index (χ4n) is 13.4. The van der Waals surface area contributed by atoms with Crippen LogP contribution >= 0.6 is 11.6 Å². The van der Waals surface area contributed by atoms with Crippen molar-refractivity contribution in [2.45, 2.75) is 159 Å². The molecule has 140 heavy (non-hydrogen) atoms. The van der Waals surface area contributed by atoms with Gasteiger partial charge in [-0.05, 0) is 294 Å². The number of cyclic esters (lactones) is 2. The molecule has 5 atom stereocenters. The number of methoxy groups -OCH3 is 2. The minimum Gasteiger partial charge on any atom is -0.508 e. The lowest BCUT2D eigenvalue weighted by Gasteiger charge is -2.36. The average molecular weight is 1930 g/mol. The molecular weight excluding hydrogens is 1810 g/mol. The zero-order valence-corrected chi connectivity index (χ0v) is 82.0. The van der Waals surface area contributed by atoms with E-state index in [0.29, 0.717) is 56.8 Å². The molecule has 5 unspecified atom stereocenters. The minimum absolute atomic E-state index is 0.0394. The fraction of sp³-hybridized carbons (Fsp3) is 0.234. The molecule has 0 radical (unpaired) electrons. The van der Waals surface area contributed by atoms with Gasteiger partial charge in [0.1, 0.15) is 69.4 Å². The van der Waals surface area contributed by atoms with Crippen LogP contribution in [0.25, 0.3) is 29.9 Å². The monoisotopic (exact) mass is 1930 g/mol. The lowest BCUT2D eigenvalue weighted by atomic mass is 9.85. The first-order valence-corrected chi connectivity index (χ1v) is 44.5. The van der Waals surface area contributed by atoms with Crippen LogP contribution in [0.15, 0.2) is 265 Å². The molecule has 0 amide bonds. The lowest BCUT2D eigenvalue weighted by molar-refractivity contribution is -0.145. The molecule has 11 aromatic carbocycles. The molecule has 740 valence electrons. The van der Waals surface area contributed by atoms with Crippen molar-refractivity contribution in [3.05, 3.63) is 348 Å². The highest BCUT2D eigenvalue weighted by Crippen LogP contribution is 2.44. The highest BCUT2D eigenvalue weighted by molar-refractivity contribution is 6.30. The molecular formula is C111H125ClN4O24. The maximum atomic E-state index is 11.7. The molecule has 0 aromatic heterocycles. The highest BCUT2D eigenvalue weighted by atomic mass is 35.5. The summed E-state index contributed by atoms with van der Waals surface area (Å²) in [5, 5.41) is 123. The Morgan fingerprint density at radius 1 is 0.543 bits per heavy atom. The summed E-state index contributed by atoms with van der Waals surface area (Å²) in [6.07, 6.45) is 19.4. The number of para-hydroxylation sites is 4. The van der Waals surface area contributed by atoms with Crippen LogP contribution in [0.5, 0.6) is 74.7 Å². The summed E-state index contributed by atoms with van der Waals surface area (Å²) in [5.74, 6) is 0.978. The molecule has 0 saturated carbocycles. The van der Waals surface area contributed by atoms with Crippen LogP contribution in [-0.4, -0.2) is 146 Å². The number of hydrogen-bond donors (Lipinski definition) is 17. The van der Waals surface area contributed by atoms with Gasteiger partial charge < -0.3 is 117 Å². The van der Waals surface area contributed by atoms with Crippen molar-refractivity contribution in [1.82, 2.24) is 0 Å². The number of carbonyl (C=O) groups excluding carboxylic acids is 3. The number of aryl methyl sites for hydroxylation is 2. The maximum Gasteiger partial charge on any atom is 0.338 e. The van der Waals surface area contributed by atoms with E-state index in [0.717, 1.165) is 91.2 Å². The van der Waals surface area contributed by atoms with Crippen LogP contribution in [0.2, 0.25) is 5.02 Å². The number of carboxylic acids is 2. The van der Waals surface area contributed by atoms with Crippen molar-refractivity contribution in [2.24, 2.45) is 5.73 Å². The van der Waals surface area contributed by atoms with Crippen LogP contribution in [-0.2, 0) is 41.5 Å². The molecule has 29 heteroatoms. The predicted octanol–water partition coefficient (Wildman–Crippen LogP) is 21.9. The summed E-state index contributed by atoms with van der Waals surface area (Å²) in [7, 11) is 3.07. The molecule has 0 bridgehead atoms. The third-order valence-corrected chi connectivity index (χ3v) is 22.2. The first-order valence-electron chi connectivity index (χ1n) is 44.1. The molecule has 0 saturated heterocycles. The number of nitrogens with one attached hydrogen (secondary N) is 1. The van der Waals surface area contributed by atoms with Gasteiger partial charge in [0, 0.05) is 28.8 Å². The van der Waals surface area contributed by atoms with Gasteiger partial charge in [0.25, 0.3) is 0 Å². The van der Waals surface area contributed by atoms with Gasteiger partial charge in [0.2, 0.25) is 0 Å². The predicted molar refractivity (Wildman–Crippen MR) is 549 cm³/mol. The van der Waals surface area contributed by atoms with E-state index in [1.807, 2.05) is 165 Å². The number of anilines is 3. The van der Waals surface area contributed by atoms with Gasteiger partial charge >= 0.3 is 23.9 Å². The van der Waals surface area contributed by atoms with E-state index < -0.39 is 41.2 Å². The zero-order valence-electron chi connectivity index (χ0n) is 81.2. The van der Waals surface area contributed by atoms with Gasteiger partial charge in [-0.3, -0.25) is 4.79 Å². The molecule has 0 fully saturated rings. The Morgan fingerprint density at radius 3 is 1.64 bits per heavy atom. The number of hydrogen-bond acceptors (Lipinski definition) is 26. The van der Waals surface area contributed by atoms with Crippen LogP contribution in [0.3, 0.4) is 0 Å². The van der Waals surface area contributed by atoms with Crippen LogP contribution in [0, 0.1) is 41.5 Å². The van der Waals surface area contributed by atoms with E-state index >= 15 is 0 Å². The van der Waals surface area contributed by atoms with E-state index in [9.17, 15) is 59.7 Å². The van der Waals surface area contributed by atoms with Gasteiger partial charge in [0.15, 0.2) is 46.1 Å². The zero-order chi connectivity index (χ0) is 104. The molecule has 28 nitrogen and oxygen atoms in total. The number of aromatic carboxylic acids is 1. The molecule has 20 N–H and O–H groups in total. The maximum absolute atomic E-state index is 11.7. The van der Waals surface area contributed by atoms with Gasteiger partial charge in [-0.15, -0.1) is 0 Å². The number of aromatic hydroxyl groups is 9. The van der Waals surface area contributed by atoms with Crippen molar-refractivity contribution in [3.63, 3.8) is 0 Å². The molecule has 4 aliphatic heterocycles. The molecule has 1 aliphatic carbocycles. The largest absolute Gasteiger partial charge is 0.508 e. The fourth-order valence-corrected chi connectivity index (χ4v) is 13.6. The Hall–Kier alpha value is -16.2. The van der Waals surface area contributed by atoms with E-state index in [1.54, 1.807) is 151 Å². The number of ketones is 1. The number of aliphatic carboxylic acids is 1. The van der Waals surface area contributed by atoms with Crippen molar-refractivity contribution in [2.75, 3.05) is 31.0 Å². The number of carboxylic acid groups (broad SMARTS) is 2. The molecule has 4 heterocycles. The third kappa shape index (κ3) is 34.3. The number of benzene rings is 11. The Bertz CT molecular complexity index is 6260. The lowest BCUT2D eigenvalue weighted by Crippen LogP contribution is -2.43. The minimum atomic E-state index is -0.978. The summed E-state index contributed by atoms with van der Waals surface area (Å²) in [5.41, 5.74) is 30.0. The number of ether oxygens (including phenoxy) is 6. The standard InChI is InChI=1S/C15H20O3.C15H12O3.C15H14O2.C12H11NO.C10H12O3.C10H12O2.C9H14N2O.C7H10O3.C6H5ClO2.C6H7NO.C6H8O3/c1-8-9(2)14-12(10(3)13(8)17)6-7-15(5,18-14)11(4)16;16-13-8-6-11(7-9-13)10-14(15(17)18)12-4-2-1-3-5-12;1-11-2-4-12(5-3-11)6-7-13-8-14(16)10-15(17)9-13;1-3-7-11-9(5-1)13-10-6-2-4-8-12(10)14-11;1-6-4-8(10(11)12)5-9(13-3)7(6)2;1-3-4-8-5-6-9(11)10(7-8)12-2;1-6(10)4-7-2-3-9(12)8(11)5-7;1-4-5(8)7(2,3)10-6(4)9;7-4-1-2-5(8)6(9)3-4;7-5-3-1-2-4-6(5)8;1-3-5(7)4(2)9-6(3)8/h17H,6-7H2,1-5H3;1-10,16H,(H,17,18);2-10,16-17H,1H3;1-9,11,13H;4-5H,1-3H3,(H,11,12);3-7,11H,1-2H3;2-3,5-6,12H,4,10-11H2,1H3;8H,1-3H3;1-3,8-9H;1-4,8H,7H2;4,7H,1-2H3/b;14-10-;7-6+;;;4-3+;;;;;. The Labute approximate surface area is 820 Å². The number of fused-ring (bicyclic) bond motifs is 3. The normalized spacial score (nSPS) is 15.8. The van der Waals surface area contributed by atoms with Crippen molar-refractivity contribution < 1.29 is 119 Å². The van der Waals surface area contributed by atoms with Gasteiger partial charge in [0.05, 0.1) is 59.6 Å². The smallest absolute Gasteiger partial charge is 0.338 e. The SMILES string of the molecule is C/C=C/c1ccc(O)c(OC)c1.C1=CC2Nc3ccccc3OC2C=C1.CC(=O)C1(C)CCc2c(C)c(O)c(C)c(C)c2O1.CC(N)Cc1ccc(O)c(N)c1.CC1=C(O)C(C)(C)OC1=O.CC1=C(O)C(C)OC1=O.COc1cc(C(=O)O)cc(C)c1C.Cc1ccc(/C=C/c2cc(O)cc(O)c2)cc1.Nc1ccccc1O.O=C(O)/C(=C\c1ccc(O)cc1)c1ccccc1.Oc1ccc(Cl)cc1O. The summed E-state index contributed by atoms with van der Waals surface area (Å²) in [6, 6.07) is 60.8. The first kappa shape index (κ1) is 113. The third-order valence-electron chi connectivity index (χ3n) is 21.9. The van der Waals surface area contributed by atoms with Crippen LogP contribution in [0.4, 0.5) is 17.1 Å². The number of carbonyl (C=O) groups is 5. The number of Topliss-reactive ketones (excluding diaryl/α,β-unsaturated/α-hetero) is 1. The number of aliphatic hydroxyl groups excluding tert-OH is 2. The number of nitrogens with two attached hydrogens (primary N) is 3. The number of phenols is 9.